The van der Waals surface area contributed by atoms with E-state index in [1.54, 1.807) is 24.3 Å². The molecule has 1 aliphatic carbocycles. The minimum Gasteiger partial charge on any atom is -0.495 e. The quantitative estimate of drug-likeness (QED) is 0.262. The molecule has 3 aromatic rings. The molecule has 1 unspecified atom stereocenters. The molecule has 0 aliphatic heterocycles. The highest BCUT2D eigenvalue weighted by Crippen LogP contribution is 2.32. The first kappa shape index (κ1) is 32.4. The zero-order valence-corrected chi connectivity index (χ0v) is 26.5. The van der Waals surface area contributed by atoms with Gasteiger partial charge < -0.3 is 15.0 Å². The van der Waals surface area contributed by atoms with Gasteiger partial charge in [0.2, 0.25) is 11.8 Å². The van der Waals surface area contributed by atoms with Gasteiger partial charge >= 0.3 is 0 Å². The molecule has 0 spiro atoms. The van der Waals surface area contributed by atoms with Crippen molar-refractivity contribution < 1.29 is 22.7 Å². The van der Waals surface area contributed by atoms with E-state index in [4.69, 9.17) is 16.3 Å². The van der Waals surface area contributed by atoms with E-state index < -0.39 is 28.5 Å². The Morgan fingerprint density at radius 3 is 2.28 bits per heavy atom. The molecule has 43 heavy (non-hydrogen) atoms. The van der Waals surface area contributed by atoms with E-state index in [1.165, 1.54) is 30.2 Å². The lowest BCUT2D eigenvalue weighted by atomic mass is 9.95. The van der Waals surface area contributed by atoms with Crippen LogP contribution in [0, 0.1) is 6.92 Å². The van der Waals surface area contributed by atoms with Gasteiger partial charge in [0.05, 0.1) is 22.7 Å². The monoisotopic (exact) mass is 625 g/mol. The largest absolute Gasteiger partial charge is 0.495 e. The number of hydrogen-bond acceptors (Lipinski definition) is 5. The highest BCUT2D eigenvalue weighted by atomic mass is 35.5. The highest BCUT2D eigenvalue weighted by molar-refractivity contribution is 7.92. The highest BCUT2D eigenvalue weighted by Gasteiger charge is 2.34. The summed E-state index contributed by atoms with van der Waals surface area (Å²) in [7, 11) is -2.73. The molecule has 3 aromatic carbocycles. The summed E-state index contributed by atoms with van der Waals surface area (Å²) in [6.45, 7) is 3.35. The summed E-state index contributed by atoms with van der Waals surface area (Å²) in [6, 6.07) is 19.7. The molecular weight excluding hydrogens is 586 g/mol. The summed E-state index contributed by atoms with van der Waals surface area (Å²) in [4.78, 5) is 29.4. The Hall–Kier alpha value is -3.56. The topological polar surface area (TPSA) is 96.0 Å². The van der Waals surface area contributed by atoms with Crippen LogP contribution in [-0.4, -0.2) is 50.9 Å². The number of amides is 2. The number of methoxy groups -OCH3 is 1. The summed E-state index contributed by atoms with van der Waals surface area (Å²) >= 11 is 6.41. The number of benzene rings is 3. The van der Waals surface area contributed by atoms with Crippen LogP contribution >= 0.6 is 11.6 Å². The smallest absolute Gasteiger partial charge is 0.264 e. The molecule has 1 atom stereocenters. The Labute approximate surface area is 260 Å². The van der Waals surface area contributed by atoms with E-state index in [0.29, 0.717) is 12.2 Å². The molecule has 1 aliphatic rings. The van der Waals surface area contributed by atoms with Gasteiger partial charge in [0.15, 0.2) is 0 Å². The Bertz CT molecular complexity index is 1490. The van der Waals surface area contributed by atoms with Crippen LogP contribution in [0.5, 0.6) is 5.75 Å². The van der Waals surface area contributed by atoms with Crippen LogP contribution in [0.1, 0.15) is 56.6 Å². The summed E-state index contributed by atoms with van der Waals surface area (Å²) in [5, 5.41) is 3.37. The van der Waals surface area contributed by atoms with Crippen LogP contribution < -0.4 is 14.4 Å². The lowest BCUT2D eigenvalue weighted by Gasteiger charge is -2.34. The zero-order chi connectivity index (χ0) is 31.0. The lowest BCUT2D eigenvalue weighted by molar-refractivity contribution is -0.140. The molecule has 1 saturated carbocycles. The number of rotatable bonds is 12. The predicted molar refractivity (Wildman–Crippen MR) is 170 cm³/mol. The van der Waals surface area contributed by atoms with Crippen LogP contribution in [0.2, 0.25) is 5.02 Å². The number of sulfonamides is 1. The van der Waals surface area contributed by atoms with Crippen molar-refractivity contribution in [2.75, 3.05) is 18.0 Å². The van der Waals surface area contributed by atoms with Crippen molar-refractivity contribution >= 4 is 39.1 Å². The number of carbonyl (C=O) groups is 2. The molecule has 8 nitrogen and oxygen atoms in total. The Kier molecular flexibility index (Phi) is 11.1. The predicted octanol–water partition coefficient (Wildman–Crippen LogP) is 6.11. The van der Waals surface area contributed by atoms with E-state index in [2.05, 4.69) is 5.32 Å². The van der Waals surface area contributed by atoms with Crippen molar-refractivity contribution in [3.05, 3.63) is 88.9 Å². The number of halogens is 1. The summed E-state index contributed by atoms with van der Waals surface area (Å²) in [5.41, 5.74) is 1.94. The van der Waals surface area contributed by atoms with Gasteiger partial charge in [0.25, 0.3) is 10.0 Å². The number of nitrogens with zero attached hydrogens (tertiary/aromatic N) is 2. The van der Waals surface area contributed by atoms with Crippen molar-refractivity contribution in [2.24, 2.45) is 0 Å². The first-order valence-electron chi connectivity index (χ1n) is 14.7. The minimum atomic E-state index is -4.20. The fourth-order valence-electron chi connectivity index (χ4n) is 5.42. The average Bonchev–Trinajstić information content (AvgIpc) is 3.00. The molecule has 0 aromatic heterocycles. The number of anilines is 1. The number of carbonyl (C=O) groups excluding carboxylic acids is 2. The number of aryl methyl sites for hydroxylation is 1. The van der Waals surface area contributed by atoms with Crippen molar-refractivity contribution in [3.63, 3.8) is 0 Å². The van der Waals surface area contributed by atoms with Gasteiger partial charge in [-0.15, -0.1) is 0 Å². The fraction of sp³-hybridized carbons (Fsp3) is 0.394. The number of ether oxygens (including phenoxy) is 1. The van der Waals surface area contributed by atoms with Gasteiger partial charge in [-0.3, -0.25) is 13.9 Å². The lowest BCUT2D eigenvalue weighted by Crippen LogP contribution is -2.54. The Morgan fingerprint density at radius 1 is 1.00 bits per heavy atom. The SMILES string of the molecule is CCC(C(=O)NC1CCCCC1)N(Cc1ccccc1)C(=O)CN(c1ccc(OC)c(Cl)c1)S(=O)(=O)c1ccc(C)cc1. The second kappa shape index (κ2) is 14.8. The van der Waals surface area contributed by atoms with Gasteiger partial charge in [-0.25, -0.2) is 8.42 Å². The van der Waals surface area contributed by atoms with Crippen molar-refractivity contribution in [1.29, 1.82) is 0 Å². The molecule has 230 valence electrons. The van der Waals surface area contributed by atoms with Crippen molar-refractivity contribution in [2.45, 2.75) is 75.9 Å². The molecule has 0 heterocycles. The van der Waals surface area contributed by atoms with Crippen LogP contribution in [0.25, 0.3) is 0 Å². The van der Waals surface area contributed by atoms with Crippen LogP contribution in [0.3, 0.4) is 0 Å². The third-order valence-electron chi connectivity index (χ3n) is 7.84. The van der Waals surface area contributed by atoms with Gasteiger partial charge in [-0.1, -0.05) is 85.8 Å². The van der Waals surface area contributed by atoms with E-state index >= 15 is 0 Å². The molecule has 2 amide bonds. The molecular formula is C33H40ClN3O5S. The maximum Gasteiger partial charge on any atom is 0.264 e. The molecule has 10 heteroatoms. The second-order valence-electron chi connectivity index (χ2n) is 10.9. The van der Waals surface area contributed by atoms with E-state index in [-0.39, 0.29) is 34.1 Å². The number of nitrogens with one attached hydrogen (secondary N) is 1. The second-order valence-corrected chi connectivity index (χ2v) is 13.2. The molecule has 0 saturated heterocycles. The summed E-state index contributed by atoms with van der Waals surface area (Å²) < 4.78 is 34.4. The summed E-state index contributed by atoms with van der Waals surface area (Å²) in [6.07, 6.45) is 5.47. The van der Waals surface area contributed by atoms with E-state index in [1.807, 2.05) is 44.2 Å². The van der Waals surface area contributed by atoms with Crippen LogP contribution in [0.15, 0.2) is 77.7 Å². The van der Waals surface area contributed by atoms with E-state index in [0.717, 1.165) is 47.5 Å². The van der Waals surface area contributed by atoms with Crippen LogP contribution in [-0.2, 0) is 26.2 Å². The van der Waals surface area contributed by atoms with Gasteiger partial charge in [0.1, 0.15) is 18.3 Å². The average molecular weight is 626 g/mol. The first-order chi connectivity index (χ1) is 20.6. The summed E-state index contributed by atoms with van der Waals surface area (Å²) in [5.74, 6) is -0.350. The Morgan fingerprint density at radius 2 is 1.67 bits per heavy atom. The van der Waals surface area contributed by atoms with E-state index in [9.17, 15) is 18.0 Å². The zero-order valence-electron chi connectivity index (χ0n) is 25.0. The molecule has 0 radical (unpaired) electrons. The van der Waals surface area contributed by atoms with Crippen LogP contribution in [0.4, 0.5) is 5.69 Å². The van der Waals surface area contributed by atoms with Crippen molar-refractivity contribution in [1.82, 2.24) is 10.2 Å². The molecule has 1 fully saturated rings. The fourth-order valence-corrected chi connectivity index (χ4v) is 7.08. The minimum absolute atomic E-state index is 0.0366. The molecule has 0 bridgehead atoms. The molecule has 4 rings (SSSR count). The third kappa shape index (κ3) is 8.09. The Balaban J connectivity index is 1.72. The number of hydrogen-bond donors (Lipinski definition) is 1. The van der Waals surface area contributed by atoms with Gasteiger partial charge in [-0.2, -0.15) is 0 Å². The maximum absolute atomic E-state index is 14.3. The third-order valence-corrected chi connectivity index (χ3v) is 9.93. The maximum atomic E-state index is 14.3. The van der Waals surface area contributed by atoms with Gasteiger partial charge in [0, 0.05) is 12.6 Å². The van der Waals surface area contributed by atoms with Crippen molar-refractivity contribution in [3.8, 4) is 5.75 Å². The normalized spacial score (nSPS) is 14.5. The standard InChI is InChI=1S/C33H40ClN3O5S/c1-4-30(33(39)35-26-13-9-6-10-14-26)36(22-25-11-7-5-8-12-25)32(38)23-37(27-17-20-31(42-3)29(34)21-27)43(40,41)28-18-15-24(2)16-19-28/h5,7-8,11-12,15-21,26,30H,4,6,9-10,13-14,22-23H2,1-3H3,(H,35,39). The molecule has 1 N–H and O–H groups in total. The first-order valence-corrected chi connectivity index (χ1v) is 16.5. The van der Waals surface area contributed by atoms with Gasteiger partial charge in [-0.05, 0) is 62.1 Å².